The molecule has 0 amide bonds. The molecule has 0 aliphatic rings. The molecule has 0 fully saturated rings. The van der Waals surface area contributed by atoms with E-state index in [9.17, 15) is 5.11 Å². The minimum Gasteiger partial charge on any atom is -0.508 e. The highest BCUT2D eigenvalue weighted by Crippen LogP contribution is 2.22. The lowest BCUT2D eigenvalue weighted by molar-refractivity contribution is 0.0865. The van der Waals surface area contributed by atoms with Gasteiger partial charge in [0.05, 0.1) is 7.11 Å². The van der Waals surface area contributed by atoms with E-state index in [0.29, 0.717) is 12.3 Å². The summed E-state index contributed by atoms with van der Waals surface area (Å²) >= 11 is 0. The third-order valence-corrected chi connectivity index (χ3v) is 2.33. The summed E-state index contributed by atoms with van der Waals surface area (Å²) in [5, 5.41) is 9.59. The standard InChI is InChI=1S/C11H17NO2/c1-4-9-6-10(7-12-14-3)8(2)5-11(9)13/h5-6,12-13H,4,7H2,1-3H3. The SMILES string of the molecule is CCc1cc(CNOC)c(C)cc1O. The van der Waals surface area contributed by atoms with Crippen molar-refractivity contribution in [3.63, 3.8) is 0 Å². The van der Waals surface area contributed by atoms with Gasteiger partial charge in [-0.1, -0.05) is 13.0 Å². The Kier molecular flexibility index (Phi) is 3.92. The van der Waals surface area contributed by atoms with Crippen LogP contribution in [0.3, 0.4) is 0 Å². The normalized spacial score (nSPS) is 10.5. The monoisotopic (exact) mass is 195 g/mol. The first-order chi connectivity index (χ1) is 6.69. The first-order valence-electron chi connectivity index (χ1n) is 4.76. The van der Waals surface area contributed by atoms with Gasteiger partial charge in [-0.15, -0.1) is 0 Å². The number of benzene rings is 1. The van der Waals surface area contributed by atoms with E-state index in [1.807, 2.05) is 19.9 Å². The Labute approximate surface area is 84.7 Å². The number of aryl methyl sites for hydroxylation is 2. The van der Waals surface area contributed by atoms with E-state index in [1.165, 1.54) is 0 Å². The molecule has 1 aromatic rings. The van der Waals surface area contributed by atoms with Gasteiger partial charge in [0.2, 0.25) is 0 Å². The maximum Gasteiger partial charge on any atom is 0.119 e. The molecule has 0 saturated heterocycles. The zero-order valence-corrected chi connectivity index (χ0v) is 8.92. The van der Waals surface area contributed by atoms with Gasteiger partial charge in [-0.2, -0.15) is 5.48 Å². The van der Waals surface area contributed by atoms with Crippen LogP contribution in [0.4, 0.5) is 0 Å². The Morgan fingerprint density at radius 3 is 2.64 bits per heavy atom. The Morgan fingerprint density at radius 1 is 1.36 bits per heavy atom. The predicted octanol–water partition coefficient (Wildman–Crippen LogP) is 1.91. The van der Waals surface area contributed by atoms with Crippen LogP contribution in [0.1, 0.15) is 23.6 Å². The first kappa shape index (κ1) is 11.0. The molecule has 0 radical (unpaired) electrons. The molecular formula is C11H17NO2. The van der Waals surface area contributed by atoms with Crippen LogP contribution >= 0.6 is 0 Å². The Balaban J connectivity index is 2.92. The van der Waals surface area contributed by atoms with E-state index in [2.05, 4.69) is 5.48 Å². The molecule has 78 valence electrons. The molecule has 14 heavy (non-hydrogen) atoms. The second kappa shape index (κ2) is 4.98. The van der Waals surface area contributed by atoms with Crippen LogP contribution in [-0.4, -0.2) is 12.2 Å². The van der Waals surface area contributed by atoms with Crippen molar-refractivity contribution in [2.75, 3.05) is 7.11 Å². The molecule has 2 N–H and O–H groups in total. The third-order valence-electron chi connectivity index (χ3n) is 2.33. The summed E-state index contributed by atoms with van der Waals surface area (Å²) in [6, 6.07) is 3.81. The number of phenolic OH excluding ortho intramolecular Hbond substituents is 1. The summed E-state index contributed by atoms with van der Waals surface area (Å²) in [6.07, 6.45) is 0.839. The Hall–Kier alpha value is -1.06. The average Bonchev–Trinajstić information content (AvgIpc) is 2.17. The molecule has 0 spiro atoms. The number of rotatable bonds is 4. The Morgan fingerprint density at radius 2 is 2.07 bits per heavy atom. The highest BCUT2D eigenvalue weighted by atomic mass is 16.6. The fourth-order valence-corrected chi connectivity index (χ4v) is 1.41. The zero-order valence-electron chi connectivity index (χ0n) is 8.92. The summed E-state index contributed by atoms with van der Waals surface area (Å²) in [7, 11) is 1.59. The molecule has 0 aliphatic carbocycles. The maximum absolute atomic E-state index is 9.59. The average molecular weight is 195 g/mol. The number of phenols is 1. The molecule has 3 nitrogen and oxygen atoms in total. The lowest BCUT2D eigenvalue weighted by Gasteiger charge is -2.10. The molecule has 0 saturated carbocycles. The number of hydroxylamine groups is 1. The van der Waals surface area contributed by atoms with Crippen LogP contribution in [-0.2, 0) is 17.8 Å². The van der Waals surface area contributed by atoms with Crippen molar-refractivity contribution in [2.24, 2.45) is 0 Å². The molecule has 0 heterocycles. The topological polar surface area (TPSA) is 41.5 Å². The van der Waals surface area contributed by atoms with Crippen molar-refractivity contribution in [3.8, 4) is 5.75 Å². The molecule has 0 aliphatic heterocycles. The van der Waals surface area contributed by atoms with Crippen LogP contribution in [0.2, 0.25) is 0 Å². The summed E-state index contributed by atoms with van der Waals surface area (Å²) in [5.41, 5.74) is 6.00. The van der Waals surface area contributed by atoms with Gasteiger partial charge in [-0.05, 0) is 36.1 Å². The fourth-order valence-electron chi connectivity index (χ4n) is 1.41. The van der Waals surface area contributed by atoms with Crippen molar-refractivity contribution in [1.82, 2.24) is 5.48 Å². The minimum absolute atomic E-state index is 0.381. The van der Waals surface area contributed by atoms with Crippen molar-refractivity contribution in [2.45, 2.75) is 26.8 Å². The van der Waals surface area contributed by atoms with E-state index in [0.717, 1.165) is 23.1 Å². The van der Waals surface area contributed by atoms with Gasteiger partial charge in [0.15, 0.2) is 0 Å². The van der Waals surface area contributed by atoms with Crippen molar-refractivity contribution in [3.05, 3.63) is 28.8 Å². The summed E-state index contributed by atoms with van der Waals surface area (Å²) < 4.78 is 0. The van der Waals surface area contributed by atoms with Crippen molar-refractivity contribution >= 4 is 0 Å². The van der Waals surface area contributed by atoms with Crippen LogP contribution in [0.25, 0.3) is 0 Å². The molecule has 1 rings (SSSR count). The molecule has 0 unspecified atom stereocenters. The lowest BCUT2D eigenvalue weighted by Crippen LogP contribution is -2.12. The summed E-state index contributed by atoms with van der Waals surface area (Å²) in [5.74, 6) is 0.381. The maximum atomic E-state index is 9.59. The fraction of sp³-hybridized carbons (Fsp3) is 0.455. The van der Waals surface area contributed by atoms with Gasteiger partial charge in [-0.25, -0.2) is 0 Å². The summed E-state index contributed by atoms with van der Waals surface area (Å²) in [4.78, 5) is 4.79. The second-order valence-electron chi connectivity index (χ2n) is 3.29. The second-order valence-corrected chi connectivity index (χ2v) is 3.29. The van der Waals surface area contributed by atoms with Gasteiger partial charge in [0, 0.05) is 6.54 Å². The van der Waals surface area contributed by atoms with Crippen LogP contribution in [0.5, 0.6) is 5.75 Å². The van der Waals surface area contributed by atoms with E-state index >= 15 is 0 Å². The lowest BCUT2D eigenvalue weighted by atomic mass is 10.0. The number of nitrogens with one attached hydrogen (secondary N) is 1. The predicted molar refractivity (Wildman–Crippen MR) is 56.1 cm³/mol. The highest BCUT2D eigenvalue weighted by Gasteiger charge is 2.04. The van der Waals surface area contributed by atoms with Gasteiger partial charge >= 0.3 is 0 Å². The summed E-state index contributed by atoms with van der Waals surface area (Å²) in [6.45, 7) is 4.67. The molecule has 0 bridgehead atoms. The quantitative estimate of drug-likeness (QED) is 0.721. The zero-order chi connectivity index (χ0) is 10.6. The minimum atomic E-state index is 0.381. The van der Waals surface area contributed by atoms with Crippen LogP contribution in [0.15, 0.2) is 12.1 Å². The van der Waals surface area contributed by atoms with Crippen molar-refractivity contribution < 1.29 is 9.94 Å². The molecule has 0 atom stereocenters. The smallest absolute Gasteiger partial charge is 0.119 e. The third kappa shape index (κ3) is 2.47. The number of hydrogen-bond donors (Lipinski definition) is 2. The largest absolute Gasteiger partial charge is 0.508 e. The van der Waals surface area contributed by atoms with E-state index in [-0.39, 0.29) is 0 Å². The molecule has 3 heteroatoms. The molecule has 1 aromatic carbocycles. The van der Waals surface area contributed by atoms with Crippen molar-refractivity contribution in [1.29, 1.82) is 0 Å². The van der Waals surface area contributed by atoms with Crippen LogP contribution in [0, 0.1) is 6.92 Å². The van der Waals surface area contributed by atoms with E-state index in [1.54, 1.807) is 13.2 Å². The molecule has 0 aromatic heterocycles. The highest BCUT2D eigenvalue weighted by molar-refractivity contribution is 5.41. The number of aromatic hydroxyl groups is 1. The van der Waals surface area contributed by atoms with Gasteiger partial charge < -0.3 is 9.94 Å². The van der Waals surface area contributed by atoms with Gasteiger partial charge in [0.1, 0.15) is 5.75 Å². The van der Waals surface area contributed by atoms with Gasteiger partial charge in [0.25, 0.3) is 0 Å². The Bertz CT molecular complexity index is 310. The van der Waals surface area contributed by atoms with Crippen LogP contribution < -0.4 is 5.48 Å². The van der Waals surface area contributed by atoms with Gasteiger partial charge in [-0.3, -0.25) is 0 Å². The number of hydrogen-bond acceptors (Lipinski definition) is 3. The molecular weight excluding hydrogens is 178 g/mol. The first-order valence-corrected chi connectivity index (χ1v) is 4.76. The van der Waals surface area contributed by atoms with E-state index < -0.39 is 0 Å². The van der Waals surface area contributed by atoms with E-state index in [4.69, 9.17) is 4.84 Å².